The van der Waals surface area contributed by atoms with Gasteiger partial charge in [-0.15, -0.1) is 0 Å². The Hall–Kier alpha value is -2.50. The van der Waals surface area contributed by atoms with E-state index in [2.05, 4.69) is 20.5 Å². The Kier molecular flexibility index (Phi) is 4.69. The molecule has 10 nitrogen and oxygen atoms in total. The van der Waals surface area contributed by atoms with Crippen LogP contribution in [0.1, 0.15) is 6.23 Å². The molecular weight excluding hydrogens is 361 g/mol. The third-order valence-corrected chi connectivity index (χ3v) is 3.72. The van der Waals surface area contributed by atoms with Gasteiger partial charge in [0.2, 0.25) is 0 Å². The van der Waals surface area contributed by atoms with Crippen LogP contribution in [0.2, 0.25) is 0 Å². The number of ether oxygens (including phenoxy) is 1. The molecule has 3 heterocycles. The number of anilines is 1. The molecule has 2 aromatic rings. The lowest BCUT2D eigenvalue weighted by Crippen LogP contribution is -2.38. The van der Waals surface area contributed by atoms with E-state index in [0.29, 0.717) is 5.39 Å². The lowest BCUT2D eigenvalue weighted by atomic mass is 10.1. The van der Waals surface area contributed by atoms with Crippen molar-refractivity contribution < 1.29 is 33.2 Å². The number of halogens is 3. The van der Waals surface area contributed by atoms with Crippen LogP contribution in [0.4, 0.5) is 19.0 Å². The number of nitrogens with one attached hydrogen (secondary N) is 1. The molecular formula is C13H13F3N6O4. The second kappa shape index (κ2) is 6.67. The van der Waals surface area contributed by atoms with Crippen molar-refractivity contribution in [1.29, 1.82) is 0 Å². The van der Waals surface area contributed by atoms with Gasteiger partial charge in [0.1, 0.15) is 30.7 Å². The fraction of sp³-hybridized carbons (Fsp3) is 0.462. The van der Waals surface area contributed by atoms with Crippen LogP contribution in [0.5, 0.6) is 0 Å². The van der Waals surface area contributed by atoms with Crippen LogP contribution < -0.4 is 11.3 Å². The first-order chi connectivity index (χ1) is 12.2. The highest BCUT2D eigenvalue weighted by Crippen LogP contribution is 2.33. The van der Waals surface area contributed by atoms with Crippen molar-refractivity contribution in [3.8, 4) is 11.8 Å². The van der Waals surface area contributed by atoms with E-state index in [9.17, 15) is 28.5 Å². The van der Waals surface area contributed by atoms with Gasteiger partial charge in [0.05, 0.1) is 11.6 Å². The van der Waals surface area contributed by atoms with Gasteiger partial charge in [-0.1, -0.05) is 5.92 Å². The maximum atomic E-state index is 12.1. The summed E-state index contributed by atoms with van der Waals surface area (Å²) in [4.78, 5) is 7.85. The minimum absolute atomic E-state index is 0.181. The number of hydrogen-bond acceptors (Lipinski definition) is 9. The molecule has 0 radical (unpaired) electrons. The molecule has 0 saturated carbocycles. The summed E-state index contributed by atoms with van der Waals surface area (Å²) < 4.78 is 42.8. The first-order valence-corrected chi connectivity index (χ1v) is 7.17. The normalized spacial score (nSPS) is 27.2. The molecule has 3 rings (SSSR count). The number of alkyl halides is 3. The molecule has 0 aliphatic carbocycles. The van der Waals surface area contributed by atoms with Crippen molar-refractivity contribution in [1.82, 2.24) is 19.7 Å². The Bertz CT molecular complexity index is 863. The number of nitrogen functional groups attached to an aromatic ring is 1. The maximum absolute atomic E-state index is 12.1. The van der Waals surface area contributed by atoms with Crippen molar-refractivity contribution in [2.45, 2.75) is 36.8 Å². The number of aliphatic hydroxyl groups excluding tert-OH is 3. The van der Waals surface area contributed by atoms with E-state index in [4.69, 9.17) is 10.6 Å². The van der Waals surface area contributed by atoms with Crippen molar-refractivity contribution >= 4 is 16.9 Å². The van der Waals surface area contributed by atoms with Crippen LogP contribution in [0.25, 0.3) is 11.0 Å². The summed E-state index contributed by atoms with van der Waals surface area (Å²) in [5, 5.41) is 34.3. The Morgan fingerprint density at radius 3 is 2.69 bits per heavy atom. The van der Waals surface area contributed by atoms with Crippen LogP contribution in [-0.4, -0.2) is 65.7 Å². The number of nitrogens with two attached hydrogens (primary N) is 1. The van der Waals surface area contributed by atoms with Gasteiger partial charge in [0.15, 0.2) is 17.7 Å². The van der Waals surface area contributed by atoms with Gasteiger partial charge in [0, 0.05) is 5.92 Å². The topological polar surface area (TPSA) is 152 Å². The average Bonchev–Trinajstić information content (AvgIpc) is 3.14. The summed E-state index contributed by atoms with van der Waals surface area (Å²) in [7, 11) is 0. The largest absolute Gasteiger partial charge is 0.457 e. The number of rotatable bonds is 3. The van der Waals surface area contributed by atoms with Crippen LogP contribution in [0.15, 0.2) is 12.5 Å². The highest BCUT2D eigenvalue weighted by Gasteiger charge is 2.47. The predicted octanol–water partition coefficient (Wildman–Crippen LogP) is -1.34. The summed E-state index contributed by atoms with van der Waals surface area (Å²) in [6.07, 6.45) is -10.5. The zero-order valence-corrected chi connectivity index (χ0v) is 12.8. The van der Waals surface area contributed by atoms with E-state index in [-0.39, 0.29) is 11.5 Å². The van der Waals surface area contributed by atoms with Gasteiger partial charge in [-0.05, 0) is 0 Å². The maximum Gasteiger partial charge on any atom is 0.457 e. The van der Waals surface area contributed by atoms with E-state index in [1.807, 2.05) is 0 Å². The number of hydrogen-bond donors (Lipinski definition) is 5. The van der Waals surface area contributed by atoms with Gasteiger partial charge in [-0.25, -0.2) is 20.5 Å². The zero-order chi connectivity index (χ0) is 19.1. The SMILES string of the molecule is NNc1ncnc2c1cnn2[C@@H]1O[C@H](C(O)C#CC(F)(F)F)[C@@H](O)[C@H]1O. The van der Waals surface area contributed by atoms with E-state index < -0.39 is 36.8 Å². The second-order valence-corrected chi connectivity index (χ2v) is 5.38. The highest BCUT2D eigenvalue weighted by molar-refractivity contribution is 5.85. The van der Waals surface area contributed by atoms with Crippen molar-refractivity contribution in [2.75, 3.05) is 5.43 Å². The molecule has 26 heavy (non-hydrogen) atoms. The molecule has 2 aromatic heterocycles. The second-order valence-electron chi connectivity index (χ2n) is 5.38. The minimum Gasteiger partial charge on any atom is -0.387 e. The molecule has 140 valence electrons. The van der Waals surface area contributed by atoms with E-state index in [1.165, 1.54) is 12.1 Å². The summed E-state index contributed by atoms with van der Waals surface area (Å²) in [6, 6.07) is 0. The van der Waals surface area contributed by atoms with Crippen molar-refractivity contribution in [3.05, 3.63) is 12.5 Å². The van der Waals surface area contributed by atoms with Crippen LogP contribution >= 0.6 is 0 Å². The number of aliphatic hydroxyl groups is 3. The standard InChI is InChI=1S/C13H13F3N6O4/c14-13(15,16)2-1-6(23)9-7(24)8(25)12(26-9)22-11-5(3-20-22)10(21-17)18-4-19-11/h3-4,6-9,12,23-25H,17H2,(H,18,19,21)/t6?,7-,8+,9+,12+/m0/s1. The van der Waals surface area contributed by atoms with Crippen molar-refractivity contribution in [2.24, 2.45) is 5.84 Å². The summed E-state index contributed by atoms with van der Waals surface area (Å²) >= 11 is 0. The summed E-state index contributed by atoms with van der Waals surface area (Å²) in [5.74, 6) is 7.99. The fourth-order valence-electron chi connectivity index (χ4n) is 2.55. The lowest BCUT2D eigenvalue weighted by molar-refractivity contribution is -0.0764. The lowest BCUT2D eigenvalue weighted by Gasteiger charge is -2.16. The Labute approximate surface area is 143 Å². The zero-order valence-electron chi connectivity index (χ0n) is 12.8. The minimum atomic E-state index is -4.82. The number of fused-ring (bicyclic) bond motifs is 1. The molecule has 1 fully saturated rings. The first-order valence-electron chi connectivity index (χ1n) is 7.17. The molecule has 0 bridgehead atoms. The third kappa shape index (κ3) is 3.28. The Balaban J connectivity index is 1.90. The average molecular weight is 374 g/mol. The van der Waals surface area contributed by atoms with E-state index >= 15 is 0 Å². The third-order valence-electron chi connectivity index (χ3n) is 3.72. The molecule has 1 aliphatic rings. The molecule has 5 atom stereocenters. The number of nitrogens with zero attached hydrogens (tertiary/aromatic N) is 4. The molecule has 1 saturated heterocycles. The number of aromatic nitrogens is 4. The summed E-state index contributed by atoms with van der Waals surface area (Å²) in [5.41, 5.74) is 2.51. The summed E-state index contributed by atoms with van der Waals surface area (Å²) in [6.45, 7) is 0. The van der Waals surface area contributed by atoms with E-state index in [1.54, 1.807) is 0 Å². The monoisotopic (exact) mass is 374 g/mol. The van der Waals surface area contributed by atoms with Gasteiger partial charge in [-0.3, -0.25) is 0 Å². The number of hydrazine groups is 1. The van der Waals surface area contributed by atoms with Gasteiger partial charge < -0.3 is 25.5 Å². The van der Waals surface area contributed by atoms with Gasteiger partial charge in [0.25, 0.3) is 0 Å². The molecule has 0 amide bonds. The molecule has 1 aliphatic heterocycles. The highest BCUT2D eigenvalue weighted by atomic mass is 19.4. The van der Waals surface area contributed by atoms with Crippen LogP contribution in [0, 0.1) is 11.8 Å². The molecule has 6 N–H and O–H groups in total. The van der Waals surface area contributed by atoms with Crippen LogP contribution in [-0.2, 0) is 4.74 Å². The van der Waals surface area contributed by atoms with Crippen LogP contribution in [0.3, 0.4) is 0 Å². The predicted molar refractivity (Wildman–Crippen MR) is 78.9 cm³/mol. The first kappa shape index (κ1) is 18.3. The van der Waals surface area contributed by atoms with E-state index in [0.717, 1.165) is 16.9 Å². The van der Waals surface area contributed by atoms with Gasteiger partial charge in [-0.2, -0.15) is 18.3 Å². The quantitative estimate of drug-likeness (QED) is 0.250. The molecule has 0 aromatic carbocycles. The fourth-order valence-corrected chi connectivity index (χ4v) is 2.55. The smallest absolute Gasteiger partial charge is 0.387 e. The Morgan fingerprint density at radius 2 is 2.04 bits per heavy atom. The molecule has 0 spiro atoms. The Morgan fingerprint density at radius 1 is 1.31 bits per heavy atom. The van der Waals surface area contributed by atoms with Crippen molar-refractivity contribution in [3.63, 3.8) is 0 Å². The van der Waals surface area contributed by atoms with Gasteiger partial charge >= 0.3 is 6.18 Å². The molecule has 1 unspecified atom stereocenters. The molecule has 13 heteroatoms.